The van der Waals surface area contributed by atoms with Gasteiger partial charge in [-0.05, 0) is 23.2 Å². The molecule has 0 spiro atoms. The number of aromatic hydroxyl groups is 2. The van der Waals surface area contributed by atoms with Crippen molar-refractivity contribution in [3.05, 3.63) is 28.7 Å². The van der Waals surface area contributed by atoms with E-state index in [9.17, 15) is 5.11 Å². The molecular formula is C8H7BrO2. The zero-order valence-corrected chi connectivity index (χ0v) is 7.25. The molecule has 11 heavy (non-hydrogen) atoms. The Morgan fingerprint density at radius 1 is 1.27 bits per heavy atom. The monoisotopic (exact) mass is 214 g/mol. The molecule has 0 heterocycles. The topological polar surface area (TPSA) is 40.5 Å². The van der Waals surface area contributed by atoms with Gasteiger partial charge in [0.05, 0.1) is 0 Å². The molecule has 0 atom stereocenters. The maximum absolute atomic E-state index is 9.19. The van der Waals surface area contributed by atoms with Crippen LogP contribution in [0.5, 0.6) is 11.5 Å². The highest BCUT2D eigenvalue weighted by molar-refractivity contribution is 9.11. The Bertz CT molecular complexity index is 281. The molecule has 58 valence electrons. The molecule has 2 nitrogen and oxygen atoms in total. The van der Waals surface area contributed by atoms with Crippen molar-refractivity contribution in [3.8, 4) is 11.5 Å². The fraction of sp³-hybridized carbons (Fsp3) is 0. The van der Waals surface area contributed by atoms with Gasteiger partial charge in [0.15, 0.2) is 0 Å². The number of benzene rings is 1. The minimum absolute atomic E-state index is 0.0641. The first-order chi connectivity index (χ1) is 5.24. The van der Waals surface area contributed by atoms with Gasteiger partial charge in [-0.3, -0.25) is 0 Å². The Morgan fingerprint density at radius 2 is 2.00 bits per heavy atom. The highest BCUT2D eigenvalue weighted by Crippen LogP contribution is 2.23. The maximum atomic E-state index is 9.19. The van der Waals surface area contributed by atoms with Gasteiger partial charge in [-0.25, -0.2) is 0 Å². The summed E-state index contributed by atoms with van der Waals surface area (Å²) in [6, 6.07) is 4.44. The highest BCUT2D eigenvalue weighted by atomic mass is 79.9. The van der Waals surface area contributed by atoms with Crippen molar-refractivity contribution in [2.75, 3.05) is 0 Å². The summed E-state index contributed by atoms with van der Waals surface area (Å²) < 4.78 is 0. The Balaban J connectivity index is 3.09. The predicted molar refractivity (Wildman–Crippen MR) is 47.7 cm³/mol. The van der Waals surface area contributed by atoms with Crippen LogP contribution in [0.3, 0.4) is 0 Å². The van der Waals surface area contributed by atoms with Gasteiger partial charge in [0, 0.05) is 11.6 Å². The van der Waals surface area contributed by atoms with E-state index in [1.807, 2.05) is 0 Å². The van der Waals surface area contributed by atoms with Crippen molar-refractivity contribution in [2.24, 2.45) is 0 Å². The van der Waals surface area contributed by atoms with Crippen LogP contribution in [0.4, 0.5) is 0 Å². The van der Waals surface area contributed by atoms with Gasteiger partial charge in [0.25, 0.3) is 0 Å². The van der Waals surface area contributed by atoms with Gasteiger partial charge >= 0.3 is 0 Å². The molecule has 3 heteroatoms. The van der Waals surface area contributed by atoms with Gasteiger partial charge < -0.3 is 10.2 Å². The van der Waals surface area contributed by atoms with Crippen molar-refractivity contribution >= 4 is 22.0 Å². The largest absolute Gasteiger partial charge is 0.508 e. The molecule has 0 saturated carbocycles. The normalized spacial score (nSPS) is 10.6. The van der Waals surface area contributed by atoms with E-state index in [0.717, 1.165) is 0 Å². The predicted octanol–water partition coefficient (Wildman–Crippen LogP) is 2.46. The molecule has 0 bridgehead atoms. The zero-order valence-electron chi connectivity index (χ0n) is 5.66. The maximum Gasteiger partial charge on any atom is 0.126 e. The zero-order chi connectivity index (χ0) is 8.27. The van der Waals surface area contributed by atoms with E-state index in [4.69, 9.17) is 5.11 Å². The Morgan fingerprint density at radius 3 is 2.55 bits per heavy atom. The number of rotatable bonds is 1. The lowest BCUT2D eigenvalue weighted by atomic mass is 10.2. The molecular weight excluding hydrogens is 208 g/mol. The van der Waals surface area contributed by atoms with Gasteiger partial charge in [0.1, 0.15) is 11.5 Å². The molecule has 1 aromatic rings. The number of phenolic OH excluding ortho intramolecular Hbond substituents is 2. The molecule has 0 aliphatic rings. The van der Waals surface area contributed by atoms with E-state index < -0.39 is 0 Å². The van der Waals surface area contributed by atoms with E-state index >= 15 is 0 Å². The molecule has 0 fully saturated rings. The van der Waals surface area contributed by atoms with Crippen LogP contribution in [-0.4, -0.2) is 10.2 Å². The Labute approximate surface area is 72.9 Å². The third-order valence-electron chi connectivity index (χ3n) is 1.26. The molecule has 1 rings (SSSR count). The number of phenols is 2. The minimum atomic E-state index is 0.0641. The van der Waals surface area contributed by atoms with Crippen molar-refractivity contribution < 1.29 is 10.2 Å². The summed E-state index contributed by atoms with van der Waals surface area (Å²) in [5.74, 6) is 0.134. The van der Waals surface area contributed by atoms with E-state index in [2.05, 4.69) is 15.9 Å². The Kier molecular flexibility index (Phi) is 2.54. The summed E-state index contributed by atoms with van der Waals surface area (Å²) >= 11 is 3.08. The second-order valence-corrected chi connectivity index (χ2v) is 2.56. The summed E-state index contributed by atoms with van der Waals surface area (Å²) in [6.45, 7) is 0. The van der Waals surface area contributed by atoms with E-state index in [1.165, 1.54) is 12.1 Å². The fourth-order valence-electron chi connectivity index (χ4n) is 0.741. The molecule has 0 unspecified atom stereocenters. The summed E-state index contributed by atoms with van der Waals surface area (Å²) in [7, 11) is 0. The number of halogens is 1. The van der Waals surface area contributed by atoms with Gasteiger partial charge in [-0.15, -0.1) is 0 Å². The van der Waals surface area contributed by atoms with Gasteiger partial charge in [-0.1, -0.05) is 15.9 Å². The van der Waals surface area contributed by atoms with Crippen LogP contribution in [0.2, 0.25) is 0 Å². The summed E-state index contributed by atoms with van der Waals surface area (Å²) in [4.78, 5) is 1.64. The lowest BCUT2D eigenvalue weighted by Gasteiger charge is -1.97. The van der Waals surface area contributed by atoms with Crippen molar-refractivity contribution in [1.29, 1.82) is 0 Å². The first-order valence-corrected chi connectivity index (χ1v) is 3.94. The van der Waals surface area contributed by atoms with E-state index in [0.29, 0.717) is 5.56 Å². The Hall–Kier alpha value is -0.960. The summed E-state index contributed by atoms with van der Waals surface area (Å²) in [6.07, 6.45) is 1.69. The minimum Gasteiger partial charge on any atom is -0.508 e. The summed E-state index contributed by atoms with van der Waals surface area (Å²) in [5, 5.41) is 18.1. The quantitative estimate of drug-likeness (QED) is 0.755. The van der Waals surface area contributed by atoms with Crippen LogP contribution in [-0.2, 0) is 0 Å². The fourth-order valence-corrected chi connectivity index (χ4v) is 1.03. The highest BCUT2D eigenvalue weighted by Gasteiger charge is 1.96. The van der Waals surface area contributed by atoms with Crippen LogP contribution in [0.15, 0.2) is 23.2 Å². The van der Waals surface area contributed by atoms with Crippen LogP contribution in [0, 0.1) is 0 Å². The second-order valence-electron chi connectivity index (χ2n) is 2.04. The smallest absolute Gasteiger partial charge is 0.126 e. The first kappa shape index (κ1) is 8.14. The average Bonchev–Trinajstić information content (AvgIpc) is 1.95. The molecule has 0 aromatic heterocycles. The summed E-state index contributed by atoms with van der Waals surface area (Å²) in [5.41, 5.74) is 0.666. The van der Waals surface area contributed by atoms with E-state index in [-0.39, 0.29) is 11.5 Å². The molecule has 2 N–H and O–H groups in total. The number of hydrogen-bond donors (Lipinski definition) is 2. The van der Waals surface area contributed by atoms with Crippen LogP contribution in [0.25, 0.3) is 6.08 Å². The molecule has 0 aliphatic carbocycles. The lowest BCUT2D eigenvalue weighted by molar-refractivity contribution is 0.450. The van der Waals surface area contributed by atoms with Gasteiger partial charge in [0.2, 0.25) is 0 Å². The molecule has 0 amide bonds. The number of hydrogen-bond acceptors (Lipinski definition) is 2. The SMILES string of the molecule is Oc1ccc(/C=C/Br)c(O)c1. The standard InChI is InChI=1S/C8H7BrO2/c9-4-3-6-1-2-7(10)5-8(6)11/h1-5,10-11H/b4-3+. The van der Waals surface area contributed by atoms with Crippen molar-refractivity contribution in [1.82, 2.24) is 0 Å². The third-order valence-corrected chi connectivity index (χ3v) is 1.52. The third kappa shape index (κ3) is 1.98. The first-order valence-electron chi connectivity index (χ1n) is 3.03. The van der Waals surface area contributed by atoms with Crippen molar-refractivity contribution in [2.45, 2.75) is 0 Å². The molecule has 0 aliphatic heterocycles. The van der Waals surface area contributed by atoms with Crippen LogP contribution in [0.1, 0.15) is 5.56 Å². The van der Waals surface area contributed by atoms with Crippen molar-refractivity contribution in [3.63, 3.8) is 0 Å². The van der Waals surface area contributed by atoms with Crippen LogP contribution >= 0.6 is 15.9 Å². The molecule has 0 radical (unpaired) electrons. The lowest BCUT2D eigenvalue weighted by Crippen LogP contribution is -1.72. The second kappa shape index (κ2) is 3.44. The molecule has 0 saturated heterocycles. The van der Waals surface area contributed by atoms with E-state index in [1.54, 1.807) is 17.1 Å². The molecule has 1 aromatic carbocycles. The van der Waals surface area contributed by atoms with Crippen LogP contribution < -0.4 is 0 Å². The average molecular weight is 215 g/mol. The van der Waals surface area contributed by atoms with Gasteiger partial charge in [-0.2, -0.15) is 0 Å².